The number of H-pyrrole nitrogens is 1. The Morgan fingerprint density at radius 1 is 1.18 bits per heavy atom. The smallest absolute Gasteiger partial charge is 0.295 e. The minimum Gasteiger partial charge on any atom is -0.507 e. The summed E-state index contributed by atoms with van der Waals surface area (Å²) in [6.07, 6.45) is 7.11. The van der Waals surface area contributed by atoms with Gasteiger partial charge < -0.3 is 14.7 Å². The van der Waals surface area contributed by atoms with Gasteiger partial charge >= 0.3 is 0 Å². The average molecular weight is 461 g/mol. The zero-order chi connectivity index (χ0) is 24.1. The highest BCUT2D eigenvalue weighted by atomic mass is 16.5. The molecule has 7 nitrogen and oxygen atoms in total. The molecule has 0 aliphatic carbocycles. The quantitative estimate of drug-likeness (QED) is 0.219. The van der Waals surface area contributed by atoms with Crippen LogP contribution < -0.4 is 9.30 Å². The number of amides is 1. The molecule has 1 atom stereocenters. The fraction of sp³-hybridized carbons (Fsp3) is 0.296. The van der Waals surface area contributed by atoms with Gasteiger partial charge in [0.25, 0.3) is 11.7 Å². The number of carbonyl (C=O) groups is 2. The van der Waals surface area contributed by atoms with Crippen molar-refractivity contribution in [1.29, 1.82) is 0 Å². The lowest BCUT2D eigenvalue weighted by Gasteiger charge is -2.25. The van der Waals surface area contributed by atoms with Gasteiger partial charge in [0, 0.05) is 18.5 Å². The van der Waals surface area contributed by atoms with Gasteiger partial charge in [-0.2, -0.15) is 0 Å². The Morgan fingerprint density at radius 2 is 1.97 bits per heavy atom. The Labute approximate surface area is 199 Å². The van der Waals surface area contributed by atoms with E-state index in [1.165, 1.54) is 0 Å². The summed E-state index contributed by atoms with van der Waals surface area (Å²) in [4.78, 5) is 30.9. The summed E-state index contributed by atoms with van der Waals surface area (Å²) < 4.78 is 7.78. The third-order valence-electron chi connectivity index (χ3n) is 5.93. The van der Waals surface area contributed by atoms with Crippen molar-refractivity contribution >= 4 is 17.4 Å². The van der Waals surface area contributed by atoms with E-state index in [4.69, 9.17) is 4.74 Å². The fourth-order valence-electron chi connectivity index (χ4n) is 4.20. The summed E-state index contributed by atoms with van der Waals surface area (Å²) >= 11 is 0. The second-order valence-electron chi connectivity index (χ2n) is 8.48. The maximum Gasteiger partial charge on any atom is 0.295 e. The van der Waals surface area contributed by atoms with Crippen LogP contribution in [0.25, 0.3) is 5.76 Å². The number of likely N-dealkylation sites (tertiary alicyclic amines) is 1. The van der Waals surface area contributed by atoms with Crippen LogP contribution in [0.3, 0.4) is 0 Å². The molecule has 1 fully saturated rings. The molecule has 0 radical (unpaired) electrons. The van der Waals surface area contributed by atoms with Crippen molar-refractivity contribution < 1.29 is 24.0 Å². The van der Waals surface area contributed by atoms with Gasteiger partial charge in [-0.25, -0.2) is 4.57 Å². The number of hydrogen-bond donors (Lipinski definition) is 2. The van der Waals surface area contributed by atoms with E-state index in [2.05, 4.69) is 4.98 Å². The number of nitrogens with one attached hydrogen (secondary N) is 1. The van der Waals surface area contributed by atoms with Crippen LogP contribution >= 0.6 is 0 Å². The third-order valence-corrected chi connectivity index (χ3v) is 5.93. The Bertz CT molecular complexity index is 1180. The zero-order valence-electron chi connectivity index (χ0n) is 19.5. The monoisotopic (exact) mass is 460 g/mol. The van der Waals surface area contributed by atoms with E-state index in [0.717, 1.165) is 17.5 Å². The van der Waals surface area contributed by atoms with Crippen LogP contribution in [0, 0.1) is 6.92 Å². The van der Waals surface area contributed by atoms with E-state index in [1.807, 2.05) is 73.5 Å². The minimum absolute atomic E-state index is 0.107. The highest BCUT2D eigenvalue weighted by Gasteiger charge is 2.46. The van der Waals surface area contributed by atoms with E-state index in [9.17, 15) is 14.7 Å². The first kappa shape index (κ1) is 23.3. The van der Waals surface area contributed by atoms with Crippen molar-refractivity contribution in [3.8, 4) is 5.75 Å². The molecule has 34 heavy (non-hydrogen) atoms. The number of ether oxygens (including phenoxy) is 1. The number of aromatic nitrogens is 2. The highest BCUT2D eigenvalue weighted by Crippen LogP contribution is 2.40. The molecular formula is C27H30N3O4+. The second-order valence-corrected chi connectivity index (χ2v) is 8.48. The molecule has 1 aliphatic heterocycles. The van der Waals surface area contributed by atoms with Crippen molar-refractivity contribution in [2.75, 3.05) is 13.2 Å². The largest absolute Gasteiger partial charge is 0.507 e. The van der Waals surface area contributed by atoms with Gasteiger partial charge in [-0.15, -0.1) is 0 Å². The second kappa shape index (κ2) is 10.4. The van der Waals surface area contributed by atoms with E-state index >= 15 is 0 Å². The Balaban J connectivity index is 1.73. The van der Waals surface area contributed by atoms with Gasteiger partial charge in [0.15, 0.2) is 0 Å². The van der Waals surface area contributed by atoms with Crippen molar-refractivity contribution in [1.82, 2.24) is 9.88 Å². The lowest BCUT2D eigenvalue weighted by Crippen LogP contribution is -2.36. The van der Waals surface area contributed by atoms with Gasteiger partial charge in [-0.1, -0.05) is 48.9 Å². The van der Waals surface area contributed by atoms with Crippen molar-refractivity contribution in [3.63, 3.8) is 0 Å². The van der Waals surface area contributed by atoms with Crippen molar-refractivity contribution in [3.05, 3.63) is 89.5 Å². The third kappa shape index (κ3) is 4.88. The van der Waals surface area contributed by atoms with E-state index in [0.29, 0.717) is 37.4 Å². The lowest BCUT2D eigenvalue weighted by atomic mass is 9.95. The zero-order valence-corrected chi connectivity index (χ0v) is 19.5. The average Bonchev–Trinajstić information content (AvgIpc) is 3.45. The molecule has 0 saturated carbocycles. The Morgan fingerprint density at radius 3 is 2.68 bits per heavy atom. The number of hydrogen-bond acceptors (Lipinski definition) is 4. The number of aryl methyl sites for hydroxylation is 2. The standard InChI is InChI=1S/C27H29N3O4/c1-3-16-34-22-7-4-6-21(17-22)24-23(25(31)20-10-8-19(2)9-11-20)26(32)27(33)30(24)14-5-13-29-15-12-28-18-29/h4,6-12,15,17-18,24H,3,5,13-14,16H2,1-2H3,(H,31,32)/p+1. The van der Waals surface area contributed by atoms with Crippen LogP contribution in [-0.4, -0.2) is 39.8 Å². The SMILES string of the molecule is CCCOc1cccc(C2C(=C(O)c3ccc(C)cc3)C(=O)C(=O)N2CCC[n+]2cc[nH]c2)c1. The predicted octanol–water partition coefficient (Wildman–Crippen LogP) is 3.91. The van der Waals surface area contributed by atoms with E-state index in [1.54, 1.807) is 17.0 Å². The molecule has 1 aliphatic rings. The number of rotatable bonds is 9. The number of benzene rings is 2. The van der Waals surface area contributed by atoms with Crippen molar-refractivity contribution in [2.24, 2.45) is 0 Å². The van der Waals surface area contributed by atoms with Gasteiger partial charge in [0.1, 0.15) is 23.9 Å². The number of aromatic amines is 1. The number of nitrogens with zero attached hydrogens (tertiary/aromatic N) is 2. The van der Waals surface area contributed by atoms with E-state index < -0.39 is 17.7 Å². The summed E-state index contributed by atoms with van der Waals surface area (Å²) in [7, 11) is 0. The Hall–Kier alpha value is -3.87. The normalized spacial score (nSPS) is 17.4. The molecule has 176 valence electrons. The number of ketones is 1. The lowest BCUT2D eigenvalue weighted by molar-refractivity contribution is -0.695. The number of Topliss-reactive ketones (excluding diaryl/α,β-unsaturated/α-hetero) is 1. The van der Waals surface area contributed by atoms with Crippen LogP contribution in [0.2, 0.25) is 0 Å². The molecule has 4 rings (SSSR count). The summed E-state index contributed by atoms with van der Waals surface area (Å²) in [5.41, 5.74) is 2.39. The molecular weight excluding hydrogens is 430 g/mol. The van der Waals surface area contributed by atoms with Gasteiger partial charge in [0.2, 0.25) is 6.33 Å². The van der Waals surface area contributed by atoms with Gasteiger partial charge in [-0.3, -0.25) is 14.6 Å². The maximum atomic E-state index is 13.2. The molecule has 1 aromatic heterocycles. The highest BCUT2D eigenvalue weighted by molar-refractivity contribution is 6.46. The first-order valence-electron chi connectivity index (χ1n) is 11.6. The molecule has 1 saturated heterocycles. The maximum absolute atomic E-state index is 13.2. The molecule has 1 amide bonds. The van der Waals surface area contributed by atoms with Crippen LogP contribution in [0.1, 0.15) is 42.5 Å². The predicted molar refractivity (Wildman–Crippen MR) is 128 cm³/mol. The first-order chi connectivity index (χ1) is 16.5. The van der Waals surface area contributed by atoms with E-state index in [-0.39, 0.29) is 11.3 Å². The molecule has 2 heterocycles. The molecule has 3 aromatic rings. The summed E-state index contributed by atoms with van der Waals surface area (Å²) in [5.74, 6) is -0.760. The molecule has 2 N–H and O–H groups in total. The molecule has 0 spiro atoms. The van der Waals surface area contributed by atoms with Gasteiger partial charge in [-0.05, 0) is 31.0 Å². The molecule has 0 bridgehead atoms. The topological polar surface area (TPSA) is 86.5 Å². The summed E-state index contributed by atoms with van der Waals surface area (Å²) in [6.45, 7) is 5.62. The fourth-order valence-corrected chi connectivity index (χ4v) is 4.20. The number of imidazole rings is 1. The minimum atomic E-state index is -0.692. The Kier molecular flexibility index (Phi) is 7.11. The van der Waals surface area contributed by atoms with Crippen LogP contribution in [0.15, 0.2) is 72.8 Å². The van der Waals surface area contributed by atoms with Gasteiger partial charge in [0.05, 0.1) is 24.8 Å². The first-order valence-corrected chi connectivity index (χ1v) is 11.6. The van der Waals surface area contributed by atoms with Crippen molar-refractivity contribution in [2.45, 2.75) is 39.3 Å². The van der Waals surface area contributed by atoms with Crippen LogP contribution in [0.4, 0.5) is 0 Å². The summed E-state index contributed by atoms with van der Waals surface area (Å²) in [6, 6.07) is 14.0. The molecule has 1 unspecified atom stereocenters. The van der Waals surface area contributed by atoms with Crippen LogP contribution in [-0.2, 0) is 16.1 Å². The molecule has 7 heteroatoms. The summed E-state index contributed by atoms with van der Waals surface area (Å²) in [5, 5.41) is 11.2. The number of aliphatic hydroxyl groups is 1. The number of carbonyl (C=O) groups excluding carboxylic acids is 2. The van der Waals surface area contributed by atoms with Crippen LogP contribution in [0.5, 0.6) is 5.75 Å². The molecule has 2 aromatic carbocycles. The number of aliphatic hydroxyl groups excluding tert-OH is 1.